The summed E-state index contributed by atoms with van der Waals surface area (Å²) in [6.07, 6.45) is 0. The monoisotopic (exact) mass is 360 g/mol. The first-order valence-corrected chi connectivity index (χ1v) is 8.44. The lowest BCUT2D eigenvalue weighted by Gasteiger charge is -2.09. The highest BCUT2D eigenvalue weighted by molar-refractivity contribution is 6.39. The molecular formula is C22H13ClO3. The van der Waals surface area contributed by atoms with Crippen LogP contribution in [0.1, 0.15) is 31.8 Å². The van der Waals surface area contributed by atoms with E-state index < -0.39 is 5.97 Å². The number of allylic oxidation sites excluding steroid dienone is 1. The summed E-state index contributed by atoms with van der Waals surface area (Å²) in [6.45, 7) is 0. The van der Waals surface area contributed by atoms with Gasteiger partial charge in [-0.25, -0.2) is 4.79 Å². The van der Waals surface area contributed by atoms with Gasteiger partial charge in [0.25, 0.3) is 0 Å². The predicted octanol–water partition coefficient (Wildman–Crippen LogP) is 5.26. The Morgan fingerprint density at radius 2 is 1.38 bits per heavy atom. The third kappa shape index (κ3) is 2.83. The second-order valence-electron chi connectivity index (χ2n) is 5.84. The maximum absolute atomic E-state index is 12.9. The molecule has 1 aliphatic carbocycles. The Bertz CT molecular complexity index is 1030. The van der Waals surface area contributed by atoms with E-state index in [0.29, 0.717) is 32.8 Å². The summed E-state index contributed by atoms with van der Waals surface area (Å²) in [6, 6.07) is 22.8. The minimum Gasteiger partial charge on any atom is -0.421 e. The van der Waals surface area contributed by atoms with Crippen molar-refractivity contribution in [3.05, 3.63) is 106 Å². The first-order valence-electron chi connectivity index (χ1n) is 8.06. The van der Waals surface area contributed by atoms with E-state index in [4.69, 9.17) is 16.3 Å². The number of fused-ring (bicyclic) bond motifs is 1. The summed E-state index contributed by atoms with van der Waals surface area (Å²) in [5, 5.41) is 0.534. The van der Waals surface area contributed by atoms with Crippen LogP contribution in [-0.2, 0) is 4.74 Å². The van der Waals surface area contributed by atoms with Crippen molar-refractivity contribution in [2.24, 2.45) is 0 Å². The van der Waals surface area contributed by atoms with Crippen molar-refractivity contribution in [1.29, 1.82) is 0 Å². The maximum atomic E-state index is 12.9. The van der Waals surface area contributed by atoms with Crippen LogP contribution in [0.25, 0.3) is 11.3 Å². The number of halogens is 1. The topological polar surface area (TPSA) is 43.4 Å². The molecule has 0 saturated heterocycles. The zero-order chi connectivity index (χ0) is 18.1. The lowest BCUT2D eigenvalue weighted by Crippen LogP contribution is -2.05. The summed E-state index contributed by atoms with van der Waals surface area (Å²) >= 11 is 5.87. The fourth-order valence-electron chi connectivity index (χ4n) is 2.96. The van der Waals surface area contributed by atoms with Crippen molar-refractivity contribution < 1.29 is 14.3 Å². The number of benzene rings is 3. The molecule has 0 amide bonds. The van der Waals surface area contributed by atoms with Gasteiger partial charge in [0, 0.05) is 16.1 Å². The number of ether oxygens (including phenoxy) is 1. The van der Waals surface area contributed by atoms with Gasteiger partial charge in [0.1, 0.15) is 0 Å². The van der Waals surface area contributed by atoms with E-state index in [1.807, 2.05) is 36.4 Å². The molecule has 1 aliphatic rings. The van der Waals surface area contributed by atoms with Gasteiger partial charge in [0.05, 0.1) is 11.1 Å². The highest BCUT2D eigenvalue weighted by Gasteiger charge is 2.33. The minimum atomic E-state index is -0.533. The Hall–Kier alpha value is -3.17. The normalized spacial score (nSPS) is 12.9. The molecule has 0 spiro atoms. The molecule has 0 aromatic heterocycles. The Morgan fingerprint density at radius 1 is 0.769 bits per heavy atom. The summed E-state index contributed by atoms with van der Waals surface area (Å²) in [7, 11) is 0. The standard InChI is InChI=1S/C22H13ClO3/c23-16-12-10-15(11-13-16)22(25)26-21-18-9-5-4-8-17(18)20(24)19(21)14-6-2-1-3-7-14/h1-13H. The molecule has 0 radical (unpaired) electrons. The van der Waals surface area contributed by atoms with Gasteiger partial charge in [-0.1, -0.05) is 66.2 Å². The first-order chi connectivity index (χ1) is 12.6. The van der Waals surface area contributed by atoms with Crippen molar-refractivity contribution in [2.45, 2.75) is 0 Å². The van der Waals surface area contributed by atoms with Crippen molar-refractivity contribution >= 4 is 34.7 Å². The third-order valence-corrected chi connectivity index (χ3v) is 4.46. The Morgan fingerprint density at radius 3 is 2.08 bits per heavy atom. The average molecular weight is 361 g/mol. The van der Waals surface area contributed by atoms with E-state index in [9.17, 15) is 9.59 Å². The van der Waals surface area contributed by atoms with Crippen molar-refractivity contribution in [2.75, 3.05) is 0 Å². The van der Waals surface area contributed by atoms with Gasteiger partial charge in [-0.3, -0.25) is 4.79 Å². The average Bonchev–Trinajstić information content (AvgIpc) is 2.95. The molecule has 126 valence electrons. The number of Topliss-reactive ketones (excluding diaryl/α,β-unsaturated/α-hetero) is 1. The predicted molar refractivity (Wildman–Crippen MR) is 101 cm³/mol. The third-order valence-electron chi connectivity index (χ3n) is 4.21. The Kier molecular flexibility index (Phi) is 4.15. The number of esters is 1. The molecule has 4 heteroatoms. The second-order valence-corrected chi connectivity index (χ2v) is 6.28. The number of carbonyl (C=O) groups is 2. The summed E-state index contributed by atoms with van der Waals surface area (Å²) in [5.74, 6) is -0.392. The molecule has 26 heavy (non-hydrogen) atoms. The van der Waals surface area contributed by atoms with Gasteiger partial charge in [0.15, 0.2) is 11.5 Å². The number of hydrogen-bond donors (Lipinski definition) is 0. The van der Waals surface area contributed by atoms with Gasteiger partial charge in [-0.05, 0) is 29.8 Å². The molecule has 0 fully saturated rings. The molecule has 0 bridgehead atoms. The van der Waals surface area contributed by atoms with Crippen LogP contribution >= 0.6 is 11.6 Å². The van der Waals surface area contributed by atoms with Crippen LogP contribution < -0.4 is 0 Å². The molecule has 0 N–H and O–H groups in total. The summed E-state index contributed by atoms with van der Waals surface area (Å²) < 4.78 is 5.68. The number of rotatable bonds is 3. The van der Waals surface area contributed by atoms with E-state index in [1.165, 1.54) is 0 Å². The zero-order valence-electron chi connectivity index (χ0n) is 13.6. The molecule has 0 atom stereocenters. The van der Waals surface area contributed by atoms with Crippen LogP contribution in [-0.4, -0.2) is 11.8 Å². The van der Waals surface area contributed by atoms with Crippen LogP contribution in [0, 0.1) is 0 Å². The number of carbonyl (C=O) groups excluding carboxylic acids is 2. The van der Waals surface area contributed by atoms with Gasteiger partial charge in [-0.15, -0.1) is 0 Å². The molecular weight excluding hydrogens is 348 g/mol. The molecule has 0 unspecified atom stereocenters. The maximum Gasteiger partial charge on any atom is 0.343 e. The second kappa shape index (κ2) is 6.62. The Labute approximate surface area is 155 Å². The molecule has 3 aromatic rings. The molecule has 0 saturated carbocycles. The smallest absolute Gasteiger partial charge is 0.343 e. The van der Waals surface area contributed by atoms with Gasteiger partial charge >= 0.3 is 5.97 Å². The van der Waals surface area contributed by atoms with Gasteiger partial charge < -0.3 is 4.74 Å². The van der Waals surface area contributed by atoms with Crippen LogP contribution in [0.4, 0.5) is 0 Å². The first kappa shape index (κ1) is 16.3. The van der Waals surface area contributed by atoms with E-state index >= 15 is 0 Å². The Balaban J connectivity index is 1.81. The van der Waals surface area contributed by atoms with Crippen LogP contribution in [0.3, 0.4) is 0 Å². The summed E-state index contributed by atoms with van der Waals surface area (Å²) in [5.41, 5.74) is 2.64. The molecule has 0 heterocycles. The highest BCUT2D eigenvalue weighted by atomic mass is 35.5. The summed E-state index contributed by atoms with van der Waals surface area (Å²) in [4.78, 5) is 25.5. The molecule has 4 rings (SSSR count). The van der Waals surface area contributed by atoms with E-state index in [2.05, 4.69) is 0 Å². The minimum absolute atomic E-state index is 0.147. The van der Waals surface area contributed by atoms with E-state index in [1.54, 1.807) is 42.5 Å². The lowest BCUT2D eigenvalue weighted by molar-refractivity contribution is 0.0693. The quantitative estimate of drug-likeness (QED) is 0.598. The van der Waals surface area contributed by atoms with E-state index in [-0.39, 0.29) is 11.5 Å². The molecule has 3 nitrogen and oxygen atoms in total. The highest BCUT2D eigenvalue weighted by Crippen LogP contribution is 2.39. The van der Waals surface area contributed by atoms with Crippen LogP contribution in [0.5, 0.6) is 0 Å². The van der Waals surface area contributed by atoms with Crippen molar-refractivity contribution in [1.82, 2.24) is 0 Å². The largest absolute Gasteiger partial charge is 0.421 e. The SMILES string of the molecule is O=C(OC1=C(c2ccccc2)C(=O)c2ccccc21)c1ccc(Cl)cc1. The number of hydrogen-bond acceptors (Lipinski definition) is 3. The fraction of sp³-hybridized carbons (Fsp3) is 0. The zero-order valence-corrected chi connectivity index (χ0v) is 14.4. The molecule has 3 aromatic carbocycles. The lowest BCUT2D eigenvalue weighted by atomic mass is 10.0. The van der Waals surface area contributed by atoms with E-state index in [0.717, 1.165) is 0 Å². The van der Waals surface area contributed by atoms with Gasteiger partial charge in [-0.2, -0.15) is 0 Å². The number of ketones is 1. The van der Waals surface area contributed by atoms with Gasteiger partial charge in [0.2, 0.25) is 0 Å². The van der Waals surface area contributed by atoms with Crippen molar-refractivity contribution in [3.63, 3.8) is 0 Å². The fourth-order valence-corrected chi connectivity index (χ4v) is 3.09. The van der Waals surface area contributed by atoms with Crippen LogP contribution in [0.2, 0.25) is 5.02 Å². The van der Waals surface area contributed by atoms with Crippen molar-refractivity contribution in [3.8, 4) is 0 Å². The molecule has 0 aliphatic heterocycles. The van der Waals surface area contributed by atoms with Crippen LogP contribution in [0.15, 0.2) is 78.9 Å².